The molecule has 1 fully saturated rings. The molecule has 1 aliphatic heterocycles. The second kappa shape index (κ2) is 10.8. The van der Waals surface area contributed by atoms with Gasteiger partial charge in [0.1, 0.15) is 6.10 Å². The van der Waals surface area contributed by atoms with Gasteiger partial charge in [-0.2, -0.15) is 0 Å². The number of thiophene rings is 1. The summed E-state index contributed by atoms with van der Waals surface area (Å²) >= 11 is 1.87. The molecule has 2 nitrogen and oxygen atoms in total. The summed E-state index contributed by atoms with van der Waals surface area (Å²) < 4.78 is 14.8. The number of benzene rings is 1. The van der Waals surface area contributed by atoms with E-state index in [1.165, 1.54) is 15.0 Å². The zero-order valence-electron chi connectivity index (χ0n) is 22.6. The van der Waals surface area contributed by atoms with Crippen molar-refractivity contribution >= 4 is 29.7 Å². The van der Waals surface area contributed by atoms with Crippen LogP contribution in [-0.2, 0) is 9.16 Å². The average molecular weight is 509 g/mol. The summed E-state index contributed by atoms with van der Waals surface area (Å²) in [6.07, 6.45) is 15.3. The fourth-order valence-corrected chi connectivity index (χ4v) is 7.62. The van der Waals surface area contributed by atoms with Crippen molar-refractivity contribution in [3.8, 4) is 0 Å². The highest BCUT2D eigenvalue weighted by Crippen LogP contribution is 2.45. The predicted octanol–water partition coefficient (Wildman–Crippen LogP) is 9.82. The van der Waals surface area contributed by atoms with Gasteiger partial charge in [-0.1, -0.05) is 76.8 Å². The second-order valence-corrected chi connectivity index (χ2v) is 18.0. The first-order valence-corrected chi connectivity index (χ1v) is 17.1. The summed E-state index contributed by atoms with van der Waals surface area (Å²) in [5, 5.41) is 1.47. The lowest BCUT2D eigenvalue weighted by Gasteiger charge is -2.38. The number of rotatable bonds is 5. The lowest BCUT2D eigenvalue weighted by molar-refractivity contribution is 0.0720. The molecule has 35 heavy (non-hydrogen) atoms. The monoisotopic (exact) mass is 508 g/mol. The average Bonchev–Trinajstić information content (AvgIpc) is 3.33. The largest absolute Gasteiger partial charge is 0.495 e. The van der Waals surface area contributed by atoms with E-state index in [1.54, 1.807) is 0 Å². The summed E-state index contributed by atoms with van der Waals surface area (Å²) in [4.78, 5) is 1.31. The Morgan fingerprint density at radius 1 is 1.20 bits per heavy atom. The Morgan fingerprint density at radius 2 is 1.97 bits per heavy atom. The smallest absolute Gasteiger partial charge is 0.193 e. The predicted molar refractivity (Wildman–Crippen MR) is 154 cm³/mol. The summed E-state index contributed by atoms with van der Waals surface area (Å²) in [5.74, 6) is 2.52. The second-order valence-electron chi connectivity index (χ2n) is 12.1. The van der Waals surface area contributed by atoms with Crippen LogP contribution in [0.2, 0.25) is 18.1 Å². The van der Waals surface area contributed by atoms with Crippen molar-refractivity contribution in [2.45, 2.75) is 90.1 Å². The first-order chi connectivity index (χ1) is 16.5. The van der Waals surface area contributed by atoms with Crippen LogP contribution in [0.1, 0.15) is 70.8 Å². The van der Waals surface area contributed by atoms with E-state index in [0.29, 0.717) is 17.8 Å². The topological polar surface area (TPSA) is 18.5 Å². The van der Waals surface area contributed by atoms with Gasteiger partial charge in [-0.3, -0.25) is 0 Å². The van der Waals surface area contributed by atoms with E-state index in [-0.39, 0.29) is 17.2 Å². The molecular weight excluding hydrogens is 464 g/mol. The highest BCUT2D eigenvalue weighted by atomic mass is 32.1. The van der Waals surface area contributed by atoms with Gasteiger partial charge in [0.05, 0.1) is 11.9 Å². The SMILES string of the molecule is C=C1CCC/C=C\C[C@@H]2[C@@H](/C=C/[C@@H](O[Si](C)(C)C(C)(C)C)c3cc4ccccc4s3)[C@H](C)C[C@@H]2O1. The molecule has 2 aromatic rings. The molecular formula is C31H44O2SSi. The molecule has 0 unspecified atom stereocenters. The fourth-order valence-electron chi connectivity index (χ4n) is 5.26. The van der Waals surface area contributed by atoms with Crippen LogP contribution in [0, 0.1) is 17.8 Å². The third-order valence-electron chi connectivity index (χ3n) is 8.41. The Labute approximate surface area is 218 Å². The minimum atomic E-state index is -1.96. The van der Waals surface area contributed by atoms with Gasteiger partial charge in [0.2, 0.25) is 0 Å². The van der Waals surface area contributed by atoms with Crippen LogP contribution in [0.15, 0.2) is 67.0 Å². The van der Waals surface area contributed by atoms with Crippen LogP contribution in [0.5, 0.6) is 0 Å². The highest BCUT2D eigenvalue weighted by molar-refractivity contribution is 7.19. The summed E-state index contributed by atoms with van der Waals surface area (Å²) in [7, 11) is -1.96. The lowest BCUT2D eigenvalue weighted by atomic mass is 9.86. The number of hydrogen-bond donors (Lipinski definition) is 0. The van der Waals surface area contributed by atoms with E-state index in [0.717, 1.165) is 37.9 Å². The van der Waals surface area contributed by atoms with E-state index >= 15 is 0 Å². The van der Waals surface area contributed by atoms with Gasteiger partial charge in [-0.15, -0.1) is 11.3 Å². The maximum absolute atomic E-state index is 7.05. The zero-order chi connectivity index (χ0) is 25.2. The summed E-state index contributed by atoms with van der Waals surface area (Å²) in [5.41, 5.74) is 0. The van der Waals surface area contributed by atoms with E-state index in [2.05, 4.69) is 102 Å². The molecule has 2 aliphatic rings. The summed E-state index contributed by atoms with van der Waals surface area (Å²) in [6, 6.07) is 11.0. The molecule has 0 radical (unpaired) electrons. The van der Waals surface area contributed by atoms with Crippen molar-refractivity contribution in [2.24, 2.45) is 17.8 Å². The van der Waals surface area contributed by atoms with Crippen molar-refractivity contribution in [2.75, 3.05) is 0 Å². The maximum Gasteiger partial charge on any atom is 0.193 e. The summed E-state index contributed by atoms with van der Waals surface area (Å²) in [6.45, 7) is 18.3. The highest BCUT2D eigenvalue weighted by Gasteiger charge is 2.42. The third-order valence-corrected chi connectivity index (χ3v) is 14.0. The standard InChI is InChI=1S/C31H44O2SSi/c1-22-20-28-26(16-11-9-8-10-14-23(2)32-28)25(22)18-19-27(33-35(6,7)31(3,4)5)30-21-24-15-12-13-17-29(24)34-30/h9,11-13,15,17-19,21-22,25-28H,2,8,10,14,16,20H2,1,3-7H3/b11-9-,19-18+/t22-,25+,26-,27-,28+/m1/s1. The number of fused-ring (bicyclic) bond motifs is 2. The van der Waals surface area contributed by atoms with E-state index < -0.39 is 8.32 Å². The molecule has 1 aliphatic carbocycles. The molecule has 190 valence electrons. The van der Waals surface area contributed by atoms with Gasteiger partial charge in [0, 0.05) is 21.9 Å². The van der Waals surface area contributed by atoms with E-state index in [9.17, 15) is 0 Å². The van der Waals surface area contributed by atoms with Gasteiger partial charge < -0.3 is 9.16 Å². The molecule has 1 saturated carbocycles. The quantitative estimate of drug-likeness (QED) is 0.295. The van der Waals surface area contributed by atoms with Gasteiger partial charge in [0.25, 0.3) is 0 Å². The van der Waals surface area contributed by atoms with Gasteiger partial charge in [-0.05, 0) is 73.2 Å². The Hall–Kier alpha value is -1.62. The first kappa shape index (κ1) is 26.4. The molecule has 1 aromatic carbocycles. The Balaban J connectivity index is 1.64. The lowest BCUT2D eigenvalue weighted by Crippen LogP contribution is -2.41. The van der Waals surface area contributed by atoms with Crippen LogP contribution in [-0.4, -0.2) is 14.4 Å². The normalized spacial score (nSPS) is 28.1. The number of ether oxygens (including phenoxy) is 1. The molecule has 0 spiro atoms. The minimum absolute atomic E-state index is 0.00880. The van der Waals surface area contributed by atoms with Crippen molar-refractivity contribution in [3.05, 3.63) is 71.9 Å². The van der Waals surface area contributed by atoms with Gasteiger partial charge in [0.15, 0.2) is 8.32 Å². The van der Waals surface area contributed by atoms with Gasteiger partial charge >= 0.3 is 0 Å². The molecule has 0 saturated heterocycles. The molecule has 5 atom stereocenters. The van der Waals surface area contributed by atoms with E-state index in [4.69, 9.17) is 9.16 Å². The van der Waals surface area contributed by atoms with Crippen LogP contribution in [0.25, 0.3) is 10.1 Å². The minimum Gasteiger partial charge on any atom is -0.495 e. The first-order valence-electron chi connectivity index (χ1n) is 13.4. The Bertz CT molecular complexity index is 1040. The fraction of sp³-hybridized carbons (Fsp3) is 0.548. The molecule has 0 bridgehead atoms. The molecule has 1 aromatic heterocycles. The maximum atomic E-state index is 7.05. The zero-order valence-corrected chi connectivity index (χ0v) is 24.4. The third kappa shape index (κ3) is 6.21. The molecule has 0 amide bonds. The van der Waals surface area contributed by atoms with Crippen molar-refractivity contribution in [3.63, 3.8) is 0 Å². The number of hydrogen-bond acceptors (Lipinski definition) is 3. The van der Waals surface area contributed by atoms with Crippen LogP contribution < -0.4 is 0 Å². The Kier molecular flexibility index (Phi) is 8.14. The van der Waals surface area contributed by atoms with Gasteiger partial charge in [-0.25, -0.2) is 0 Å². The molecule has 2 heterocycles. The van der Waals surface area contributed by atoms with Crippen LogP contribution in [0.4, 0.5) is 0 Å². The molecule has 4 rings (SSSR count). The van der Waals surface area contributed by atoms with Crippen LogP contribution >= 0.6 is 11.3 Å². The number of allylic oxidation sites excluding steroid dienone is 4. The van der Waals surface area contributed by atoms with Crippen LogP contribution in [0.3, 0.4) is 0 Å². The Morgan fingerprint density at radius 3 is 2.71 bits per heavy atom. The van der Waals surface area contributed by atoms with Crippen molar-refractivity contribution < 1.29 is 9.16 Å². The van der Waals surface area contributed by atoms with E-state index in [1.807, 2.05) is 11.3 Å². The molecule has 0 N–H and O–H groups in total. The van der Waals surface area contributed by atoms with Crippen molar-refractivity contribution in [1.82, 2.24) is 0 Å². The molecule has 4 heteroatoms. The van der Waals surface area contributed by atoms with Crippen molar-refractivity contribution in [1.29, 1.82) is 0 Å².